The van der Waals surface area contributed by atoms with E-state index in [9.17, 15) is 4.79 Å². The summed E-state index contributed by atoms with van der Waals surface area (Å²) >= 11 is 1.89. The highest BCUT2D eigenvalue weighted by molar-refractivity contribution is 7.99. The molecule has 1 rings (SSSR count). The van der Waals surface area contributed by atoms with Gasteiger partial charge in [0.05, 0.1) is 6.61 Å². The second kappa shape index (κ2) is 7.11. The third-order valence-electron chi connectivity index (χ3n) is 3.19. The van der Waals surface area contributed by atoms with Crippen molar-refractivity contribution in [3.8, 4) is 0 Å². The zero-order valence-corrected chi connectivity index (χ0v) is 11.6. The van der Waals surface area contributed by atoms with E-state index >= 15 is 0 Å². The predicted molar refractivity (Wildman–Crippen MR) is 72.4 cm³/mol. The molecule has 5 heteroatoms. The Balaban J connectivity index is 2.07. The van der Waals surface area contributed by atoms with E-state index in [1.807, 2.05) is 18.7 Å². The number of hydrogen-bond acceptors (Lipinski definition) is 3. The lowest BCUT2D eigenvalue weighted by atomic mass is 10.1. The summed E-state index contributed by atoms with van der Waals surface area (Å²) in [6.45, 7) is 4.93. The van der Waals surface area contributed by atoms with E-state index < -0.39 is 0 Å². The smallest absolute Gasteiger partial charge is 0.315 e. The topological polar surface area (TPSA) is 61.4 Å². The van der Waals surface area contributed by atoms with Gasteiger partial charge in [0.2, 0.25) is 0 Å². The van der Waals surface area contributed by atoms with E-state index in [0.717, 1.165) is 30.8 Å². The molecule has 0 aliphatic heterocycles. The van der Waals surface area contributed by atoms with Crippen LogP contribution in [0.3, 0.4) is 0 Å². The summed E-state index contributed by atoms with van der Waals surface area (Å²) in [5, 5.41) is 14.9. The summed E-state index contributed by atoms with van der Waals surface area (Å²) in [4.78, 5) is 11.6. The number of carbonyl (C=O) groups excluding carboxylic acids is 1. The summed E-state index contributed by atoms with van der Waals surface area (Å²) in [6.07, 6.45) is 3.04. The van der Waals surface area contributed by atoms with Crippen molar-refractivity contribution in [2.24, 2.45) is 5.41 Å². The van der Waals surface area contributed by atoms with Gasteiger partial charge in [0, 0.05) is 18.0 Å². The fourth-order valence-corrected chi connectivity index (χ4v) is 2.40. The van der Waals surface area contributed by atoms with Crippen LogP contribution in [0.4, 0.5) is 4.79 Å². The van der Waals surface area contributed by atoms with Crippen molar-refractivity contribution in [1.29, 1.82) is 0 Å². The number of hydrogen-bond donors (Lipinski definition) is 3. The number of aliphatic hydroxyl groups is 1. The SMILES string of the molecule is CCSCCC(C)NC(=O)NCC1(CO)CC1. The molecule has 0 aromatic heterocycles. The summed E-state index contributed by atoms with van der Waals surface area (Å²) < 4.78 is 0. The maximum Gasteiger partial charge on any atom is 0.315 e. The highest BCUT2D eigenvalue weighted by Crippen LogP contribution is 2.44. The highest BCUT2D eigenvalue weighted by atomic mass is 32.2. The van der Waals surface area contributed by atoms with Crippen LogP contribution in [-0.2, 0) is 0 Å². The Kier molecular flexibility index (Phi) is 6.12. The quantitative estimate of drug-likeness (QED) is 0.581. The van der Waals surface area contributed by atoms with E-state index in [1.54, 1.807) is 0 Å². The second-order valence-electron chi connectivity index (χ2n) is 4.87. The van der Waals surface area contributed by atoms with Gasteiger partial charge in [-0.3, -0.25) is 0 Å². The minimum absolute atomic E-state index is 0.0152. The van der Waals surface area contributed by atoms with Gasteiger partial charge in [-0.15, -0.1) is 0 Å². The number of urea groups is 1. The molecule has 1 unspecified atom stereocenters. The van der Waals surface area contributed by atoms with E-state index in [0.29, 0.717) is 6.54 Å². The highest BCUT2D eigenvalue weighted by Gasteiger charge is 2.42. The molecule has 1 aliphatic rings. The van der Waals surface area contributed by atoms with Crippen molar-refractivity contribution in [1.82, 2.24) is 10.6 Å². The third-order valence-corrected chi connectivity index (χ3v) is 4.13. The fraction of sp³-hybridized carbons (Fsp3) is 0.917. The van der Waals surface area contributed by atoms with Crippen molar-refractivity contribution in [2.45, 2.75) is 39.2 Å². The summed E-state index contributed by atoms with van der Waals surface area (Å²) in [6, 6.07) is 0.0945. The van der Waals surface area contributed by atoms with Gasteiger partial charge in [-0.2, -0.15) is 11.8 Å². The van der Waals surface area contributed by atoms with Crippen LogP contribution in [0.25, 0.3) is 0 Å². The molecule has 0 aromatic carbocycles. The Morgan fingerprint density at radius 3 is 2.76 bits per heavy atom. The van der Waals surface area contributed by atoms with E-state index in [2.05, 4.69) is 17.6 Å². The molecule has 1 saturated carbocycles. The summed E-state index contributed by atoms with van der Waals surface area (Å²) in [5.74, 6) is 2.20. The zero-order chi connectivity index (χ0) is 12.7. The van der Waals surface area contributed by atoms with Crippen LogP contribution in [0.2, 0.25) is 0 Å². The molecule has 100 valence electrons. The fourth-order valence-electron chi connectivity index (χ4n) is 1.59. The molecule has 0 bridgehead atoms. The van der Waals surface area contributed by atoms with Gasteiger partial charge in [0.1, 0.15) is 0 Å². The van der Waals surface area contributed by atoms with E-state index in [-0.39, 0.29) is 24.1 Å². The van der Waals surface area contributed by atoms with E-state index in [4.69, 9.17) is 5.11 Å². The van der Waals surface area contributed by atoms with Crippen LogP contribution >= 0.6 is 11.8 Å². The first-order valence-corrected chi connectivity index (χ1v) is 7.50. The summed E-state index contributed by atoms with van der Waals surface area (Å²) in [7, 11) is 0. The number of amides is 2. The first-order valence-electron chi connectivity index (χ1n) is 6.35. The molecular formula is C12H24N2O2S. The number of aliphatic hydroxyl groups excluding tert-OH is 1. The molecule has 2 amide bonds. The van der Waals surface area contributed by atoms with Crippen LogP contribution < -0.4 is 10.6 Å². The van der Waals surface area contributed by atoms with Crippen LogP contribution in [-0.4, -0.2) is 41.8 Å². The largest absolute Gasteiger partial charge is 0.396 e. The normalized spacial score (nSPS) is 18.5. The Morgan fingerprint density at radius 1 is 1.53 bits per heavy atom. The van der Waals surface area contributed by atoms with Crippen molar-refractivity contribution >= 4 is 17.8 Å². The van der Waals surface area contributed by atoms with Gasteiger partial charge in [-0.25, -0.2) is 4.79 Å². The molecule has 1 fully saturated rings. The van der Waals surface area contributed by atoms with Gasteiger partial charge < -0.3 is 15.7 Å². The molecule has 4 nitrogen and oxygen atoms in total. The van der Waals surface area contributed by atoms with Crippen LogP contribution in [0.15, 0.2) is 0 Å². The Hall–Kier alpha value is -0.420. The number of rotatable bonds is 8. The lowest BCUT2D eigenvalue weighted by Gasteiger charge is -2.17. The van der Waals surface area contributed by atoms with Crippen molar-refractivity contribution in [3.63, 3.8) is 0 Å². The summed E-state index contributed by atoms with van der Waals surface area (Å²) in [5.41, 5.74) is -0.0152. The molecule has 0 heterocycles. The Bertz CT molecular complexity index is 245. The lowest BCUT2D eigenvalue weighted by Crippen LogP contribution is -2.43. The van der Waals surface area contributed by atoms with Gasteiger partial charge in [0.25, 0.3) is 0 Å². The standard InChI is InChI=1S/C12H24N2O2S/c1-3-17-7-4-10(2)14-11(16)13-8-12(9-15)5-6-12/h10,15H,3-9H2,1-2H3,(H2,13,14,16). The number of carbonyl (C=O) groups is 1. The Labute approximate surface area is 108 Å². The first-order chi connectivity index (χ1) is 8.12. The maximum absolute atomic E-state index is 11.6. The average molecular weight is 260 g/mol. The van der Waals surface area contributed by atoms with Crippen molar-refractivity contribution in [3.05, 3.63) is 0 Å². The molecule has 17 heavy (non-hydrogen) atoms. The van der Waals surface area contributed by atoms with Gasteiger partial charge in [0.15, 0.2) is 0 Å². The second-order valence-corrected chi connectivity index (χ2v) is 6.27. The van der Waals surface area contributed by atoms with Crippen molar-refractivity contribution in [2.75, 3.05) is 24.7 Å². The lowest BCUT2D eigenvalue weighted by molar-refractivity contribution is 0.202. The molecule has 1 aliphatic carbocycles. The van der Waals surface area contributed by atoms with Crippen molar-refractivity contribution < 1.29 is 9.90 Å². The molecular weight excluding hydrogens is 236 g/mol. The molecule has 0 aromatic rings. The van der Waals surface area contributed by atoms with Gasteiger partial charge in [-0.05, 0) is 37.7 Å². The minimum Gasteiger partial charge on any atom is -0.396 e. The molecule has 1 atom stereocenters. The van der Waals surface area contributed by atoms with Gasteiger partial charge in [-0.1, -0.05) is 6.92 Å². The monoisotopic (exact) mass is 260 g/mol. The molecule has 0 radical (unpaired) electrons. The Morgan fingerprint density at radius 2 is 2.24 bits per heavy atom. The molecule has 3 N–H and O–H groups in total. The van der Waals surface area contributed by atoms with E-state index in [1.165, 1.54) is 0 Å². The zero-order valence-electron chi connectivity index (χ0n) is 10.8. The molecule has 0 saturated heterocycles. The molecule has 0 spiro atoms. The number of thioether (sulfide) groups is 1. The maximum atomic E-state index is 11.6. The number of nitrogens with one attached hydrogen (secondary N) is 2. The van der Waals surface area contributed by atoms with Crippen LogP contribution in [0, 0.1) is 5.41 Å². The predicted octanol–water partition coefficient (Wildman–Crippen LogP) is 1.59. The third kappa shape index (κ3) is 5.64. The average Bonchev–Trinajstić information content (AvgIpc) is 3.07. The minimum atomic E-state index is -0.112. The van der Waals surface area contributed by atoms with Gasteiger partial charge >= 0.3 is 6.03 Å². The van der Waals surface area contributed by atoms with Crippen LogP contribution in [0.1, 0.15) is 33.1 Å². The first kappa shape index (κ1) is 14.6. The van der Waals surface area contributed by atoms with Crippen LogP contribution in [0.5, 0.6) is 0 Å².